The summed E-state index contributed by atoms with van der Waals surface area (Å²) in [5.74, 6) is 0.979. The average molecular weight is 304 g/mol. The van der Waals surface area contributed by atoms with Crippen LogP contribution in [-0.2, 0) is 18.3 Å². The third kappa shape index (κ3) is 3.21. The zero-order chi connectivity index (χ0) is 14.9. The van der Waals surface area contributed by atoms with Crippen molar-refractivity contribution < 1.29 is 4.74 Å². The van der Waals surface area contributed by atoms with E-state index in [1.165, 1.54) is 44.5 Å². The predicted octanol–water partition coefficient (Wildman–Crippen LogP) is 1.50. The summed E-state index contributed by atoms with van der Waals surface area (Å²) in [7, 11) is 2.08. The molecule has 4 rings (SSSR count). The Hall–Kier alpha value is -0.910. The van der Waals surface area contributed by atoms with Crippen LogP contribution >= 0.6 is 0 Å². The molecule has 0 radical (unpaired) electrons. The quantitative estimate of drug-likeness (QED) is 0.844. The third-order valence-corrected chi connectivity index (χ3v) is 5.57. The SMILES string of the molecule is Cn1cncc1CN1CC[C@@H]2OCCN(CC3CC3)[C@H]2CC1. The molecule has 1 aromatic heterocycles. The highest BCUT2D eigenvalue weighted by Crippen LogP contribution is 2.33. The number of aryl methyl sites for hydroxylation is 1. The van der Waals surface area contributed by atoms with Crippen LogP contribution in [0.2, 0.25) is 0 Å². The summed E-state index contributed by atoms with van der Waals surface area (Å²) in [5, 5.41) is 0. The lowest BCUT2D eigenvalue weighted by atomic mass is 10.0. The molecule has 0 aromatic carbocycles. The van der Waals surface area contributed by atoms with E-state index in [2.05, 4.69) is 26.4 Å². The van der Waals surface area contributed by atoms with Crippen LogP contribution in [-0.4, -0.2) is 64.3 Å². The summed E-state index contributed by atoms with van der Waals surface area (Å²) in [4.78, 5) is 9.55. The fraction of sp³-hybridized carbons (Fsp3) is 0.824. The highest BCUT2D eigenvalue weighted by atomic mass is 16.5. The average Bonchev–Trinajstić information content (AvgIpc) is 3.27. The number of ether oxygens (including phenoxy) is 1. The van der Waals surface area contributed by atoms with Crippen LogP contribution < -0.4 is 0 Å². The second-order valence-electron chi connectivity index (χ2n) is 7.26. The van der Waals surface area contributed by atoms with Gasteiger partial charge in [0.25, 0.3) is 0 Å². The Morgan fingerprint density at radius 2 is 2.05 bits per heavy atom. The number of fused-ring (bicyclic) bond motifs is 1. The number of aromatic nitrogens is 2. The molecule has 1 aliphatic carbocycles. The van der Waals surface area contributed by atoms with Gasteiger partial charge in [0.2, 0.25) is 0 Å². The van der Waals surface area contributed by atoms with Gasteiger partial charge in [-0.05, 0) is 31.6 Å². The zero-order valence-corrected chi connectivity index (χ0v) is 13.7. The molecule has 0 bridgehead atoms. The lowest BCUT2D eigenvalue weighted by Crippen LogP contribution is -2.51. The van der Waals surface area contributed by atoms with Crippen LogP contribution in [0, 0.1) is 5.92 Å². The minimum Gasteiger partial charge on any atom is -0.375 e. The van der Waals surface area contributed by atoms with Gasteiger partial charge in [0.1, 0.15) is 0 Å². The van der Waals surface area contributed by atoms with Crippen LogP contribution in [0.4, 0.5) is 0 Å². The molecule has 1 saturated carbocycles. The Morgan fingerprint density at radius 1 is 1.18 bits per heavy atom. The van der Waals surface area contributed by atoms with Crippen molar-refractivity contribution in [2.24, 2.45) is 13.0 Å². The standard InChI is InChI=1S/C17H28N4O/c1-19-13-18-10-15(19)12-20-6-4-16-17(5-7-20)22-9-8-21(16)11-14-2-3-14/h10,13-14,16-17H,2-9,11-12H2,1H3/t16-,17-/m0/s1. The lowest BCUT2D eigenvalue weighted by Gasteiger charge is -2.40. The normalized spacial score (nSPS) is 31.0. The van der Waals surface area contributed by atoms with Gasteiger partial charge in [-0.2, -0.15) is 0 Å². The van der Waals surface area contributed by atoms with Crippen molar-refractivity contribution in [3.8, 4) is 0 Å². The molecule has 3 heterocycles. The van der Waals surface area contributed by atoms with Gasteiger partial charge in [0.15, 0.2) is 0 Å². The maximum Gasteiger partial charge on any atom is 0.0945 e. The smallest absolute Gasteiger partial charge is 0.0945 e. The molecule has 0 unspecified atom stereocenters. The lowest BCUT2D eigenvalue weighted by molar-refractivity contribution is -0.0727. The van der Waals surface area contributed by atoms with Gasteiger partial charge in [-0.1, -0.05) is 0 Å². The maximum atomic E-state index is 6.12. The van der Waals surface area contributed by atoms with Crippen molar-refractivity contribution in [3.05, 3.63) is 18.2 Å². The first kappa shape index (κ1) is 14.7. The maximum absolute atomic E-state index is 6.12. The summed E-state index contributed by atoms with van der Waals surface area (Å²) in [6, 6.07) is 0.644. The van der Waals surface area contributed by atoms with Crippen LogP contribution in [0.3, 0.4) is 0 Å². The fourth-order valence-electron chi connectivity index (χ4n) is 4.00. The van der Waals surface area contributed by atoms with Crippen molar-refractivity contribution in [1.29, 1.82) is 0 Å². The van der Waals surface area contributed by atoms with Crippen LogP contribution in [0.25, 0.3) is 0 Å². The summed E-state index contributed by atoms with van der Waals surface area (Å²) in [6.07, 6.45) is 9.65. The monoisotopic (exact) mass is 304 g/mol. The number of imidazole rings is 1. The molecule has 2 atom stereocenters. The van der Waals surface area contributed by atoms with Gasteiger partial charge >= 0.3 is 0 Å². The number of hydrogen-bond donors (Lipinski definition) is 0. The molecule has 2 aliphatic heterocycles. The van der Waals surface area contributed by atoms with Crippen molar-refractivity contribution in [3.63, 3.8) is 0 Å². The van der Waals surface area contributed by atoms with Gasteiger partial charge < -0.3 is 9.30 Å². The first-order chi connectivity index (χ1) is 10.8. The Kier molecular flexibility index (Phi) is 4.20. The Morgan fingerprint density at radius 3 is 2.82 bits per heavy atom. The van der Waals surface area contributed by atoms with Gasteiger partial charge in [-0.3, -0.25) is 9.80 Å². The molecule has 5 heteroatoms. The van der Waals surface area contributed by atoms with E-state index in [1.807, 2.05) is 12.5 Å². The Bertz CT molecular complexity index is 499. The summed E-state index contributed by atoms with van der Waals surface area (Å²) >= 11 is 0. The first-order valence-electron chi connectivity index (χ1n) is 8.83. The molecular formula is C17H28N4O. The van der Waals surface area contributed by atoms with E-state index < -0.39 is 0 Å². The van der Waals surface area contributed by atoms with Gasteiger partial charge in [0.05, 0.1) is 24.7 Å². The van der Waals surface area contributed by atoms with Crippen molar-refractivity contribution in [2.75, 3.05) is 32.8 Å². The van der Waals surface area contributed by atoms with E-state index in [9.17, 15) is 0 Å². The summed E-state index contributed by atoms with van der Waals surface area (Å²) in [5.41, 5.74) is 1.31. The second-order valence-corrected chi connectivity index (χ2v) is 7.26. The first-order valence-corrected chi connectivity index (χ1v) is 8.83. The molecule has 0 amide bonds. The second kappa shape index (κ2) is 6.30. The predicted molar refractivity (Wildman–Crippen MR) is 85.5 cm³/mol. The Labute approximate surface area is 133 Å². The topological polar surface area (TPSA) is 33.5 Å². The molecular weight excluding hydrogens is 276 g/mol. The van der Waals surface area contributed by atoms with E-state index in [1.54, 1.807) is 0 Å². The number of likely N-dealkylation sites (tertiary alicyclic amines) is 1. The van der Waals surface area contributed by atoms with E-state index in [0.29, 0.717) is 12.1 Å². The zero-order valence-electron chi connectivity index (χ0n) is 13.7. The van der Waals surface area contributed by atoms with Gasteiger partial charge in [-0.15, -0.1) is 0 Å². The third-order valence-electron chi connectivity index (χ3n) is 5.57. The minimum absolute atomic E-state index is 0.448. The number of nitrogens with zero attached hydrogens (tertiary/aromatic N) is 4. The molecule has 0 N–H and O–H groups in total. The molecule has 122 valence electrons. The largest absolute Gasteiger partial charge is 0.375 e. The molecule has 1 aromatic rings. The van der Waals surface area contributed by atoms with Gasteiger partial charge in [0, 0.05) is 52.0 Å². The van der Waals surface area contributed by atoms with Crippen molar-refractivity contribution in [1.82, 2.24) is 19.4 Å². The number of morpholine rings is 1. The molecule has 2 saturated heterocycles. The Balaban J connectivity index is 1.38. The number of rotatable bonds is 4. The minimum atomic E-state index is 0.448. The van der Waals surface area contributed by atoms with E-state index in [4.69, 9.17) is 4.74 Å². The van der Waals surface area contributed by atoms with Gasteiger partial charge in [-0.25, -0.2) is 4.98 Å². The molecule has 3 aliphatic rings. The van der Waals surface area contributed by atoms with Crippen LogP contribution in [0.5, 0.6) is 0 Å². The highest BCUT2D eigenvalue weighted by molar-refractivity contribution is 4.98. The molecule has 3 fully saturated rings. The van der Waals surface area contributed by atoms with E-state index in [0.717, 1.165) is 32.2 Å². The van der Waals surface area contributed by atoms with Crippen molar-refractivity contribution in [2.45, 2.75) is 44.4 Å². The number of hydrogen-bond acceptors (Lipinski definition) is 4. The van der Waals surface area contributed by atoms with Crippen molar-refractivity contribution >= 4 is 0 Å². The summed E-state index contributed by atoms with van der Waals surface area (Å²) < 4.78 is 8.25. The summed E-state index contributed by atoms with van der Waals surface area (Å²) in [6.45, 7) is 6.71. The highest BCUT2D eigenvalue weighted by Gasteiger charge is 2.37. The molecule has 22 heavy (non-hydrogen) atoms. The van der Waals surface area contributed by atoms with E-state index in [-0.39, 0.29) is 0 Å². The fourth-order valence-corrected chi connectivity index (χ4v) is 4.00. The molecule has 5 nitrogen and oxygen atoms in total. The molecule has 0 spiro atoms. The van der Waals surface area contributed by atoms with E-state index >= 15 is 0 Å². The van der Waals surface area contributed by atoms with Crippen LogP contribution in [0.15, 0.2) is 12.5 Å². The van der Waals surface area contributed by atoms with Crippen LogP contribution in [0.1, 0.15) is 31.4 Å².